The van der Waals surface area contributed by atoms with Crippen LogP contribution in [-0.4, -0.2) is 31.6 Å². The van der Waals surface area contributed by atoms with Crippen molar-refractivity contribution in [2.45, 2.75) is 39.2 Å². The van der Waals surface area contributed by atoms with Gasteiger partial charge in [-0.15, -0.1) is 0 Å². The van der Waals surface area contributed by atoms with Gasteiger partial charge in [-0.2, -0.15) is 0 Å². The van der Waals surface area contributed by atoms with E-state index in [0.717, 1.165) is 13.1 Å². The lowest BCUT2D eigenvalue weighted by atomic mass is 9.79. The molecule has 2 heteroatoms. The van der Waals surface area contributed by atoms with Gasteiger partial charge in [0.2, 0.25) is 0 Å². The lowest BCUT2D eigenvalue weighted by Gasteiger charge is -2.34. The molecular weight excluding hydrogens is 234 g/mol. The standard InChI is InChI=1S/C17H27NO/c1-4-18(5-2)13-12-15-11-10-14-8-6-7-9-16(14)17(15)19-3/h6-9,15,17H,4-5,10-13H2,1-3H3. The van der Waals surface area contributed by atoms with Crippen molar-refractivity contribution in [1.29, 1.82) is 0 Å². The molecule has 0 fully saturated rings. The number of fused-ring (bicyclic) bond motifs is 1. The predicted octanol–water partition coefficient (Wildman–Crippen LogP) is 3.67. The first kappa shape index (κ1) is 14.5. The quantitative estimate of drug-likeness (QED) is 0.774. The molecule has 0 aliphatic heterocycles. The van der Waals surface area contributed by atoms with Gasteiger partial charge >= 0.3 is 0 Å². The largest absolute Gasteiger partial charge is 0.376 e. The van der Waals surface area contributed by atoms with Gasteiger partial charge in [-0.25, -0.2) is 0 Å². The first-order valence-corrected chi connectivity index (χ1v) is 7.63. The molecule has 1 aromatic carbocycles. The molecule has 106 valence electrons. The SMILES string of the molecule is CCN(CC)CCC1CCc2ccccc2C1OC. The Morgan fingerprint density at radius 3 is 2.63 bits per heavy atom. The van der Waals surface area contributed by atoms with Crippen LogP contribution in [0.5, 0.6) is 0 Å². The fourth-order valence-electron chi connectivity index (χ4n) is 3.29. The second-order valence-electron chi connectivity index (χ2n) is 5.47. The molecular formula is C17H27NO. The summed E-state index contributed by atoms with van der Waals surface area (Å²) in [5.41, 5.74) is 2.90. The Hall–Kier alpha value is -0.860. The second kappa shape index (κ2) is 7.06. The summed E-state index contributed by atoms with van der Waals surface area (Å²) in [7, 11) is 1.86. The van der Waals surface area contributed by atoms with Crippen molar-refractivity contribution in [3.63, 3.8) is 0 Å². The minimum Gasteiger partial charge on any atom is -0.376 e. The predicted molar refractivity (Wildman–Crippen MR) is 80.4 cm³/mol. The molecule has 2 unspecified atom stereocenters. The highest BCUT2D eigenvalue weighted by Gasteiger charge is 2.29. The van der Waals surface area contributed by atoms with Gasteiger partial charge in [0.1, 0.15) is 0 Å². The van der Waals surface area contributed by atoms with E-state index in [1.165, 1.54) is 36.9 Å². The van der Waals surface area contributed by atoms with Crippen LogP contribution in [0.1, 0.15) is 43.9 Å². The third-order valence-electron chi connectivity index (χ3n) is 4.54. The number of ether oxygens (including phenoxy) is 1. The molecule has 0 radical (unpaired) electrons. The average Bonchev–Trinajstić information content (AvgIpc) is 2.47. The third kappa shape index (κ3) is 3.37. The first-order chi connectivity index (χ1) is 9.30. The van der Waals surface area contributed by atoms with Gasteiger partial charge in [-0.05, 0) is 55.9 Å². The fourth-order valence-corrected chi connectivity index (χ4v) is 3.29. The van der Waals surface area contributed by atoms with Gasteiger partial charge in [0.05, 0.1) is 6.10 Å². The first-order valence-electron chi connectivity index (χ1n) is 7.63. The monoisotopic (exact) mass is 261 g/mol. The number of nitrogens with zero attached hydrogens (tertiary/aromatic N) is 1. The Labute approximate surface area is 117 Å². The van der Waals surface area contributed by atoms with Crippen molar-refractivity contribution in [2.24, 2.45) is 5.92 Å². The molecule has 0 bridgehead atoms. The number of benzene rings is 1. The number of hydrogen-bond acceptors (Lipinski definition) is 2. The van der Waals surface area contributed by atoms with Crippen LogP contribution in [-0.2, 0) is 11.2 Å². The lowest BCUT2D eigenvalue weighted by molar-refractivity contribution is 0.0328. The van der Waals surface area contributed by atoms with Crippen LogP contribution in [0.3, 0.4) is 0 Å². The molecule has 0 aromatic heterocycles. The zero-order chi connectivity index (χ0) is 13.7. The van der Waals surface area contributed by atoms with Crippen molar-refractivity contribution < 1.29 is 4.74 Å². The van der Waals surface area contributed by atoms with E-state index in [0.29, 0.717) is 12.0 Å². The van der Waals surface area contributed by atoms with Crippen molar-refractivity contribution in [3.8, 4) is 0 Å². The van der Waals surface area contributed by atoms with Crippen molar-refractivity contribution in [1.82, 2.24) is 4.90 Å². The normalized spacial score (nSPS) is 22.5. The molecule has 0 amide bonds. The van der Waals surface area contributed by atoms with Crippen LogP contribution in [0.15, 0.2) is 24.3 Å². The Morgan fingerprint density at radius 2 is 1.95 bits per heavy atom. The fraction of sp³-hybridized carbons (Fsp3) is 0.647. The molecule has 2 nitrogen and oxygen atoms in total. The smallest absolute Gasteiger partial charge is 0.0852 e. The molecule has 0 saturated heterocycles. The summed E-state index contributed by atoms with van der Waals surface area (Å²) in [4.78, 5) is 2.51. The summed E-state index contributed by atoms with van der Waals surface area (Å²) in [6.07, 6.45) is 4.00. The highest BCUT2D eigenvalue weighted by Crippen LogP contribution is 2.38. The summed E-state index contributed by atoms with van der Waals surface area (Å²) < 4.78 is 5.81. The Kier molecular flexibility index (Phi) is 5.41. The molecule has 0 spiro atoms. The van der Waals surface area contributed by atoms with E-state index in [4.69, 9.17) is 4.74 Å². The van der Waals surface area contributed by atoms with Crippen LogP contribution >= 0.6 is 0 Å². The zero-order valence-corrected chi connectivity index (χ0v) is 12.6. The maximum absolute atomic E-state index is 5.81. The minimum absolute atomic E-state index is 0.292. The molecule has 1 aliphatic rings. The van der Waals surface area contributed by atoms with E-state index in [1.54, 1.807) is 0 Å². The third-order valence-corrected chi connectivity index (χ3v) is 4.54. The van der Waals surface area contributed by atoms with Crippen molar-refractivity contribution in [3.05, 3.63) is 35.4 Å². The second-order valence-corrected chi connectivity index (χ2v) is 5.47. The van der Waals surface area contributed by atoms with Gasteiger partial charge in [0, 0.05) is 7.11 Å². The summed E-state index contributed by atoms with van der Waals surface area (Å²) in [6, 6.07) is 8.77. The molecule has 2 atom stereocenters. The lowest BCUT2D eigenvalue weighted by Crippen LogP contribution is -2.29. The van der Waals surface area contributed by atoms with Gasteiger partial charge in [0.25, 0.3) is 0 Å². The van der Waals surface area contributed by atoms with Crippen LogP contribution in [0.25, 0.3) is 0 Å². The van der Waals surface area contributed by atoms with E-state index in [9.17, 15) is 0 Å². The summed E-state index contributed by atoms with van der Waals surface area (Å²) in [6.45, 7) is 7.98. The maximum Gasteiger partial charge on any atom is 0.0852 e. The van der Waals surface area contributed by atoms with Crippen LogP contribution in [0, 0.1) is 5.92 Å². The minimum atomic E-state index is 0.292. The average molecular weight is 261 g/mol. The van der Waals surface area contributed by atoms with Crippen LogP contribution in [0.2, 0.25) is 0 Å². The van der Waals surface area contributed by atoms with Gasteiger partial charge in [-0.3, -0.25) is 0 Å². The van der Waals surface area contributed by atoms with Crippen molar-refractivity contribution >= 4 is 0 Å². The van der Waals surface area contributed by atoms with E-state index in [-0.39, 0.29) is 0 Å². The summed E-state index contributed by atoms with van der Waals surface area (Å²) in [5, 5.41) is 0. The van der Waals surface area contributed by atoms with Crippen molar-refractivity contribution in [2.75, 3.05) is 26.7 Å². The Balaban J connectivity index is 2.03. The van der Waals surface area contributed by atoms with E-state index in [2.05, 4.69) is 43.0 Å². The van der Waals surface area contributed by atoms with Gasteiger partial charge in [-0.1, -0.05) is 38.1 Å². The topological polar surface area (TPSA) is 12.5 Å². The Bertz CT molecular complexity index is 387. The van der Waals surface area contributed by atoms with E-state index < -0.39 is 0 Å². The van der Waals surface area contributed by atoms with Gasteiger partial charge < -0.3 is 9.64 Å². The van der Waals surface area contributed by atoms with Crippen LogP contribution in [0.4, 0.5) is 0 Å². The molecule has 0 saturated carbocycles. The Morgan fingerprint density at radius 1 is 1.21 bits per heavy atom. The maximum atomic E-state index is 5.81. The molecule has 1 aromatic rings. The molecule has 0 N–H and O–H groups in total. The van der Waals surface area contributed by atoms with E-state index in [1.807, 2.05) is 7.11 Å². The molecule has 2 rings (SSSR count). The van der Waals surface area contributed by atoms with E-state index >= 15 is 0 Å². The molecule has 0 heterocycles. The highest BCUT2D eigenvalue weighted by molar-refractivity contribution is 5.32. The summed E-state index contributed by atoms with van der Waals surface area (Å²) >= 11 is 0. The molecule has 1 aliphatic carbocycles. The van der Waals surface area contributed by atoms with Crippen LogP contribution < -0.4 is 0 Å². The van der Waals surface area contributed by atoms with Gasteiger partial charge in [0.15, 0.2) is 0 Å². The number of aryl methyl sites for hydroxylation is 1. The zero-order valence-electron chi connectivity index (χ0n) is 12.6. The summed E-state index contributed by atoms with van der Waals surface area (Å²) in [5.74, 6) is 0.667. The highest BCUT2D eigenvalue weighted by atomic mass is 16.5. The number of rotatable bonds is 6. The number of methoxy groups -OCH3 is 1. The molecule has 19 heavy (non-hydrogen) atoms. The number of hydrogen-bond donors (Lipinski definition) is 0.